The van der Waals surface area contributed by atoms with E-state index < -0.39 is 0 Å². The van der Waals surface area contributed by atoms with E-state index in [4.69, 9.17) is 0 Å². The van der Waals surface area contributed by atoms with E-state index in [2.05, 4.69) is 15.0 Å². The molecule has 46 valence electrons. The molecule has 0 aliphatic carbocycles. The van der Waals surface area contributed by atoms with Crippen LogP contribution in [0.4, 0.5) is 0 Å². The van der Waals surface area contributed by atoms with Crippen LogP contribution in [0, 0.1) is 0 Å². The summed E-state index contributed by atoms with van der Waals surface area (Å²) in [5, 5.41) is 0. The summed E-state index contributed by atoms with van der Waals surface area (Å²) in [5.41, 5.74) is 0. The van der Waals surface area contributed by atoms with Crippen molar-refractivity contribution in [3.05, 3.63) is 0 Å². The first-order chi connectivity index (χ1) is 4.47. The Bertz CT molecular complexity index is 192. The molecular weight excluding hydrogens is 114 g/mol. The molecular formula is C6H7N3. The van der Waals surface area contributed by atoms with Gasteiger partial charge in [-0.05, 0) is 0 Å². The fourth-order valence-corrected chi connectivity index (χ4v) is 1.05. The van der Waals surface area contributed by atoms with E-state index in [-0.39, 0.29) is 6.17 Å². The van der Waals surface area contributed by atoms with E-state index in [9.17, 15) is 0 Å². The van der Waals surface area contributed by atoms with Gasteiger partial charge in [0, 0.05) is 25.1 Å². The predicted molar refractivity (Wildman–Crippen MR) is 37.7 cm³/mol. The Morgan fingerprint density at radius 1 is 1.11 bits per heavy atom. The van der Waals surface area contributed by atoms with Crippen LogP contribution >= 0.6 is 0 Å². The summed E-state index contributed by atoms with van der Waals surface area (Å²) in [4.78, 5) is 12.4. The van der Waals surface area contributed by atoms with E-state index >= 15 is 0 Å². The zero-order valence-electron chi connectivity index (χ0n) is 4.94. The third kappa shape index (κ3) is 0.686. The number of fused-ring (bicyclic) bond motifs is 1. The van der Waals surface area contributed by atoms with Crippen LogP contribution in [-0.4, -0.2) is 30.9 Å². The van der Waals surface area contributed by atoms with Gasteiger partial charge >= 0.3 is 0 Å². The second-order valence-corrected chi connectivity index (χ2v) is 2.14. The highest BCUT2D eigenvalue weighted by Crippen LogP contribution is 2.15. The molecule has 2 rings (SSSR count). The van der Waals surface area contributed by atoms with Crippen molar-refractivity contribution in [2.75, 3.05) is 0 Å². The first-order valence-electron chi connectivity index (χ1n) is 3.03. The van der Waals surface area contributed by atoms with Crippen molar-refractivity contribution in [1.82, 2.24) is 0 Å². The lowest BCUT2D eigenvalue weighted by Crippen LogP contribution is -2.19. The van der Waals surface area contributed by atoms with Crippen LogP contribution in [0.15, 0.2) is 15.0 Å². The van der Waals surface area contributed by atoms with E-state index in [0.717, 1.165) is 6.42 Å². The monoisotopic (exact) mass is 121 g/mol. The molecule has 2 heterocycles. The fourth-order valence-electron chi connectivity index (χ4n) is 1.05. The van der Waals surface area contributed by atoms with Crippen LogP contribution < -0.4 is 0 Å². The summed E-state index contributed by atoms with van der Waals surface area (Å²) in [6.07, 6.45) is 6.42. The second-order valence-electron chi connectivity index (χ2n) is 2.14. The molecule has 0 N–H and O–H groups in total. The van der Waals surface area contributed by atoms with E-state index in [1.807, 2.05) is 6.21 Å². The van der Waals surface area contributed by atoms with Gasteiger partial charge in [0.05, 0.1) is 6.04 Å². The third-order valence-corrected chi connectivity index (χ3v) is 1.53. The zero-order valence-corrected chi connectivity index (χ0v) is 4.94. The summed E-state index contributed by atoms with van der Waals surface area (Å²) < 4.78 is 0. The SMILES string of the molecule is C1=NC2CC=NC2N=C1. The molecule has 0 fully saturated rings. The molecule has 3 heteroatoms. The first kappa shape index (κ1) is 4.85. The van der Waals surface area contributed by atoms with E-state index in [1.165, 1.54) is 0 Å². The normalized spacial score (nSPS) is 37.3. The molecule has 2 aliphatic rings. The van der Waals surface area contributed by atoms with Crippen LogP contribution in [0.2, 0.25) is 0 Å². The van der Waals surface area contributed by atoms with Crippen LogP contribution in [0.3, 0.4) is 0 Å². The van der Waals surface area contributed by atoms with Gasteiger partial charge in [-0.3, -0.25) is 15.0 Å². The van der Waals surface area contributed by atoms with Gasteiger partial charge in [-0.25, -0.2) is 0 Å². The standard InChI is InChI=1S/C6H7N3/c1-2-8-6-5(1)7-3-4-9-6/h2-6H,1H2. The van der Waals surface area contributed by atoms with Crippen molar-refractivity contribution in [1.29, 1.82) is 0 Å². The van der Waals surface area contributed by atoms with Crippen molar-refractivity contribution >= 4 is 18.6 Å². The summed E-state index contributed by atoms with van der Waals surface area (Å²) in [5.74, 6) is 0. The van der Waals surface area contributed by atoms with Gasteiger partial charge in [-0.15, -0.1) is 0 Å². The molecule has 0 saturated carbocycles. The summed E-state index contributed by atoms with van der Waals surface area (Å²) in [6, 6.07) is 0.315. The molecule has 9 heavy (non-hydrogen) atoms. The summed E-state index contributed by atoms with van der Waals surface area (Å²) >= 11 is 0. The molecule has 3 nitrogen and oxygen atoms in total. The maximum absolute atomic E-state index is 4.19. The van der Waals surface area contributed by atoms with Crippen LogP contribution in [0.5, 0.6) is 0 Å². The molecule has 0 aromatic rings. The van der Waals surface area contributed by atoms with Gasteiger partial charge in [0.15, 0.2) is 6.17 Å². The molecule has 0 aromatic heterocycles. The molecule has 2 atom stereocenters. The second kappa shape index (κ2) is 1.76. The number of nitrogens with zero attached hydrogens (tertiary/aromatic N) is 3. The molecule has 2 unspecified atom stereocenters. The van der Waals surface area contributed by atoms with Crippen LogP contribution in [0.1, 0.15) is 6.42 Å². The Hall–Kier alpha value is -0.990. The minimum atomic E-state index is 0.106. The predicted octanol–water partition coefficient (Wildman–Crippen LogP) is 0.311. The largest absolute Gasteiger partial charge is 0.284 e. The van der Waals surface area contributed by atoms with Gasteiger partial charge in [-0.1, -0.05) is 0 Å². The Morgan fingerprint density at radius 2 is 2.00 bits per heavy atom. The lowest BCUT2D eigenvalue weighted by Gasteiger charge is -2.10. The molecule has 0 bridgehead atoms. The number of hydrogen-bond acceptors (Lipinski definition) is 3. The molecule has 0 amide bonds. The minimum Gasteiger partial charge on any atom is -0.284 e. The molecule has 0 radical (unpaired) electrons. The van der Waals surface area contributed by atoms with Gasteiger partial charge in [-0.2, -0.15) is 0 Å². The van der Waals surface area contributed by atoms with Gasteiger partial charge in [0.2, 0.25) is 0 Å². The first-order valence-corrected chi connectivity index (χ1v) is 3.03. The third-order valence-electron chi connectivity index (χ3n) is 1.53. The number of rotatable bonds is 0. The van der Waals surface area contributed by atoms with Gasteiger partial charge < -0.3 is 0 Å². The highest BCUT2D eigenvalue weighted by molar-refractivity contribution is 6.16. The van der Waals surface area contributed by atoms with Crippen molar-refractivity contribution in [3.63, 3.8) is 0 Å². The highest BCUT2D eigenvalue weighted by atomic mass is 15.1. The molecule has 0 saturated heterocycles. The van der Waals surface area contributed by atoms with Crippen molar-refractivity contribution in [3.8, 4) is 0 Å². The Kier molecular flexibility index (Phi) is 0.946. The van der Waals surface area contributed by atoms with E-state index in [0.29, 0.717) is 6.04 Å². The van der Waals surface area contributed by atoms with Crippen LogP contribution in [-0.2, 0) is 0 Å². The average molecular weight is 121 g/mol. The summed E-state index contributed by atoms with van der Waals surface area (Å²) in [7, 11) is 0. The van der Waals surface area contributed by atoms with Crippen molar-refractivity contribution in [2.24, 2.45) is 15.0 Å². The smallest absolute Gasteiger partial charge is 0.161 e. The molecule has 0 aromatic carbocycles. The summed E-state index contributed by atoms with van der Waals surface area (Å²) in [6.45, 7) is 0. The average Bonchev–Trinajstić information content (AvgIpc) is 2.33. The van der Waals surface area contributed by atoms with E-state index in [1.54, 1.807) is 12.4 Å². The van der Waals surface area contributed by atoms with Crippen LogP contribution in [0.25, 0.3) is 0 Å². The van der Waals surface area contributed by atoms with Crippen molar-refractivity contribution < 1.29 is 0 Å². The van der Waals surface area contributed by atoms with Crippen molar-refractivity contribution in [2.45, 2.75) is 18.6 Å². The Morgan fingerprint density at radius 3 is 2.89 bits per heavy atom. The van der Waals surface area contributed by atoms with Gasteiger partial charge in [0.1, 0.15) is 0 Å². The minimum absolute atomic E-state index is 0.106. The zero-order chi connectivity index (χ0) is 6.10. The maximum Gasteiger partial charge on any atom is 0.161 e. The highest BCUT2D eigenvalue weighted by Gasteiger charge is 2.22. The number of hydrogen-bond donors (Lipinski definition) is 0. The molecule has 0 spiro atoms. The quantitative estimate of drug-likeness (QED) is 0.442. The maximum atomic E-state index is 4.19. The fraction of sp³-hybridized carbons (Fsp3) is 0.500. The Labute approximate surface area is 53.2 Å². The lowest BCUT2D eigenvalue weighted by molar-refractivity contribution is 0.599. The van der Waals surface area contributed by atoms with Gasteiger partial charge in [0.25, 0.3) is 0 Å². The lowest BCUT2D eigenvalue weighted by atomic mass is 10.2. The topological polar surface area (TPSA) is 37.1 Å². The molecule has 2 aliphatic heterocycles. The Balaban J connectivity index is 2.25. The number of aliphatic imine (C=N–C) groups is 3.